The average Bonchev–Trinajstić information content (AvgIpc) is 2.82. The third kappa shape index (κ3) is 5.69. The maximum atomic E-state index is 6.48. The first-order chi connectivity index (χ1) is 16.0. The zero-order chi connectivity index (χ0) is 23.2. The Bertz CT molecular complexity index is 1210. The summed E-state index contributed by atoms with van der Waals surface area (Å²) in [6.45, 7) is 3.00. The Labute approximate surface area is 198 Å². The molecule has 2 aromatic carbocycles. The molecule has 1 N–H and O–H groups in total. The van der Waals surface area contributed by atoms with Gasteiger partial charge < -0.3 is 19.7 Å². The highest BCUT2D eigenvalue weighted by Crippen LogP contribution is 2.34. The van der Waals surface area contributed by atoms with Crippen molar-refractivity contribution in [2.45, 2.75) is 19.6 Å². The molecule has 0 aliphatic carbocycles. The molecule has 0 amide bonds. The van der Waals surface area contributed by atoms with Gasteiger partial charge in [-0.15, -0.1) is 0 Å². The number of fused-ring (bicyclic) bond motifs is 1. The van der Waals surface area contributed by atoms with E-state index in [4.69, 9.17) is 21.1 Å². The van der Waals surface area contributed by atoms with Crippen molar-refractivity contribution in [2.24, 2.45) is 0 Å². The maximum absolute atomic E-state index is 6.48. The van der Waals surface area contributed by atoms with Crippen LogP contribution in [0.1, 0.15) is 12.6 Å². The van der Waals surface area contributed by atoms with E-state index in [1.54, 1.807) is 12.3 Å². The molecule has 0 unspecified atom stereocenters. The monoisotopic (exact) mass is 463 g/mol. The molecule has 0 bridgehead atoms. The number of nitrogens with zero attached hydrogens (tertiary/aromatic N) is 4. The zero-order valence-corrected chi connectivity index (χ0v) is 19.6. The van der Waals surface area contributed by atoms with E-state index in [9.17, 15) is 0 Å². The Kier molecular flexibility index (Phi) is 7.22. The fourth-order valence-corrected chi connectivity index (χ4v) is 3.36. The van der Waals surface area contributed by atoms with Gasteiger partial charge in [0.05, 0.1) is 21.6 Å². The highest BCUT2D eigenvalue weighted by atomic mass is 35.5. The summed E-state index contributed by atoms with van der Waals surface area (Å²) in [7, 11) is 4.06. The number of pyridine rings is 1. The van der Waals surface area contributed by atoms with Crippen LogP contribution in [-0.2, 0) is 6.61 Å². The number of anilines is 2. The van der Waals surface area contributed by atoms with Crippen molar-refractivity contribution in [2.75, 3.05) is 26.0 Å². The molecular weight excluding hydrogens is 438 g/mol. The minimum Gasteiger partial charge on any atom is -0.491 e. The van der Waals surface area contributed by atoms with E-state index in [1.165, 1.54) is 6.33 Å². The van der Waals surface area contributed by atoms with Gasteiger partial charge in [0.2, 0.25) is 0 Å². The summed E-state index contributed by atoms with van der Waals surface area (Å²) in [5.41, 5.74) is 2.41. The summed E-state index contributed by atoms with van der Waals surface area (Å²) in [4.78, 5) is 15.2. The van der Waals surface area contributed by atoms with Crippen molar-refractivity contribution < 1.29 is 9.47 Å². The minimum atomic E-state index is 0.263. The Morgan fingerprint density at radius 1 is 0.970 bits per heavy atom. The highest BCUT2D eigenvalue weighted by Gasteiger charge is 2.13. The van der Waals surface area contributed by atoms with Crippen molar-refractivity contribution in [3.8, 4) is 11.5 Å². The van der Waals surface area contributed by atoms with E-state index in [0.717, 1.165) is 28.0 Å². The lowest BCUT2D eigenvalue weighted by atomic mass is 10.2. The number of likely N-dealkylation sites (N-methyl/N-ethyl adjacent to an activating group) is 1. The Hall–Kier alpha value is -3.42. The summed E-state index contributed by atoms with van der Waals surface area (Å²) in [6, 6.07) is 17.3. The number of rotatable bonds is 9. The third-order valence-electron chi connectivity index (χ3n) is 5.28. The molecular formula is C25H26ClN5O2. The number of hydrogen-bond acceptors (Lipinski definition) is 7. The summed E-state index contributed by atoms with van der Waals surface area (Å²) >= 11 is 6.48. The van der Waals surface area contributed by atoms with E-state index in [-0.39, 0.29) is 6.04 Å². The van der Waals surface area contributed by atoms with E-state index in [1.807, 2.05) is 62.6 Å². The number of benzene rings is 2. The Balaban J connectivity index is 1.54. The summed E-state index contributed by atoms with van der Waals surface area (Å²) in [5, 5.41) is 4.65. The summed E-state index contributed by atoms with van der Waals surface area (Å²) in [5.74, 6) is 1.96. The zero-order valence-electron chi connectivity index (χ0n) is 18.8. The largest absolute Gasteiger partial charge is 0.491 e. The molecule has 1 atom stereocenters. The summed E-state index contributed by atoms with van der Waals surface area (Å²) in [6.07, 6.45) is 3.27. The molecule has 4 aromatic rings. The molecule has 0 spiro atoms. The van der Waals surface area contributed by atoms with Gasteiger partial charge in [-0.2, -0.15) is 0 Å². The van der Waals surface area contributed by atoms with Crippen LogP contribution in [0.3, 0.4) is 0 Å². The van der Waals surface area contributed by atoms with Gasteiger partial charge in [-0.3, -0.25) is 4.98 Å². The van der Waals surface area contributed by atoms with Crippen LogP contribution in [0.2, 0.25) is 5.02 Å². The first kappa shape index (κ1) is 22.8. The average molecular weight is 464 g/mol. The van der Waals surface area contributed by atoms with Crippen LogP contribution in [0.5, 0.6) is 11.5 Å². The molecule has 0 radical (unpaired) electrons. The molecule has 2 heterocycles. The smallest absolute Gasteiger partial charge is 0.145 e. The third-order valence-corrected chi connectivity index (χ3v) is 5.58. The molecule has 0 fully saturated rings. The lowest BCUT2D eigenvalue weighted by Gasteiger charge is -2.21. The van der Waals surface area contributed by atoms with E-state index >= 15 is 0 Å². The number of nitrogens with one attached hydrogen (secondary N) is 1. The van der Waals surface area contributed by atoms with Crippen LogP contribution < -0.4 is 14.8 Å². The molecule has 0 saturated carbocycles. The van der Waals surface area contributed by atoms with Gasteiger partial charge in [-0.1, -0.05) is 23.7 Å². The lowest BCUT2D eigenvalue weighted by molar-refractivity contribution is 0.200. The van der Waals surface area contributed by atoms with Gasteiger partial charge in [-0.25, -0.2) is 9.97 Å². The van der Waals surface area contributed by atoms with Gasteiger partial charge in [0.1, 0.15) is 36.9 Å². The number of hydrogen-bond donors (Lipinski definition) is 1. The molecule has 0 aliphatic heterocycles. The topological polar surface area (TPSA) is 72.4 Å². The minimum absolute atomic E-state index is 0.263. The number of ether oxygens (including phenoxy) is 2. The van der Waals surface area contributed by atoms with Crippen molar-refractivity contribution in [1.82, 2.24) is 19.9 Å². The van der Waals surface area contributed by atoms with Crippen molar-refractivity contribution in [1.29, 1.82) is 0 Å². The van der Waals surface area contributed by atoms with Crippen LogP contribution in [0.25, 0.3) is 10.9 Å². The molecule has 0 aliphatic rings. The van der Waals surface area contributed by atoms with Crippen molar-refractivity contribution in [3.05, 3.63) is 77.8 Å². The first-order valence-electron chi connectivity index (χ1n) is 10.6. The SMILES string of the molecule is C[C@H](COc1cccc2ncnc(Nc3ccc(OCc4ccccn4)c(Cl)c3)c12)N(C)C. The van der Waals surface area contributed by atoms with Crippen LogP contribution in [0, 0.1) is 0 Å². The predicted octanol–water partition coefficient (Wildman–Crippen LogP) is 5.33. The Morgan fingerprint density at radius 2 is 1.85 bits per heavy atom. The van der Waals surface area contributed by atoms with E-state index in [0.29, 0.717) is 29.8 Å². The second-order valence-electron chi connectivity index (χ2n) is 7.88. The fraction of sp³-hybridized carbons (Fsp3) is 0.240. The fourth-order valence-electron chi connectivity index (χ4n) is 3.12. The van der Waals surface area contributed by atoms with Gasteiger partial charge in [0.25, 0.3) is 0 Å². The van der Waals surface area contributed by atoms with Crippen molar-refractivity contribution >= 4 is 34.0 Å². The quantitative estimate of drug-likeness (QED) is 0.359. The predicted molar refractivity (Wildman–Crippen MR) is 131 cm³/mol. The summed E-state index contributed by atoms with van der Waals surface area (Å²) < 4.78 is 11.9. The van der Waals surface area contributed by atoms with E-state index in [2.05, 4.69) is 32.1 Å². The normalized spacial score (nSPS) is 12.0. The van der Waals surface area contributed by atoms with Crippen LogP contribution in [0.4, 0.5) is 11.5 Å². The van der Waals surface area contributed by atoms with Crippen molar-refractivity contribution in [3.63, 3.8) is 0 Å². The lowest BCUT2D eigenvalue weighted by Crippen LogP contribution is -2.30. The molecule has 33 heavy (non-hydrogen) atoms. The van der Waals surface area contributed by atoms with Crippen LogP contribution >= 0.6 is 11.6 Å². The Morgan fingerprint density at radius 3 is 2.61 bits per heavy atom. The highest BCUT2D eigenvalue weighted by molar-refractivity contribution is 6.32. The van der Waals surface area contributed by atoms with Gasteiger partial charge >= 0.3 is 0 Å². The second-order valence-corrected chi connectivity index (χ2v) is 8.28. The van der Waals surface area contributed by atoms with Gasteiger partial charge in [0.15, 0.2) is 0 Å². The molecule has 170 valence electrons. The van der Waals surface area contributed by atoms with E-state index < -0.39 is 0 Å². The van der Waals surface area contributed by atoms with Crippen LogP contribution in [-0.4, -0.2) is 46.6 Å². The number of aromatic nitrogens is 3. The molecule has 2 aromatic heterocycles. The molecule has 7 nitrogen and oxygen atoms in total. The standard InChI is InChI=1S/C25H26ClN5O2/c1-17(31(2)3)14-32-23-9-6-8-21-24(23)25(29-16-28-21)30-18-10-11-22(20(26)13-18)33-15-19-7-4-5-12-27-19/h4-13,16-17H,14-15H2,1-3H3,(H,28,29,30)/t17-/m1/s1. The van der Waals surface area contributed by atoms with Crippen LogP contribution in [0.15, 0.2) is 67.1 Å². The maximum Gasteiger partial charge on any atom is 0.145 e. The molecule has 0 saturated heterocycles. The molecule has 8 heteroatoms. The molecule has 4 rings (SSSR count). The number of halogens is 1. The first-order valence-corrected chi connectivity index (χ1v) is 11.0. The second kappa shape index (κ2) is 10.5. The van der Waals surface area contributed by atoms with Gasteiger partial charge in [0, 0.05) is 17.9 Å². The van der Waals surface area contributed by atoms with Gasteiger partial charge in [-0.05, 0) is 63.5 Å².